The fourth-order valence-corrected chi connectivity index (χ4v) is 1.71. The molecule has 2 nitrogen and oxygen atoms in total. The molecule has 2 aromatic rings. The van der Waals surface area contributed by atoms with Crippen LogP contribution in [0.2, 0.25) is 0 Å². The first kappa shape index (κ1) is 12.8. The number of anilines is 1. The van der Waals surface area contributed by atoms with Crippen LogP contribution in [0.15, 0.2) is 48.5 Å². The van der Waals surface area contributed by atoms with Crippen LogP contribution in [0.5, 0.6) is 0 Å². The van der Waals surface area contributed by atoms with Crippen LogP contribution in [0.4, 0.5) is 10.1 Å². The zero-order chi connectivity index (χ0) is 13.7. The Morgan fingerprint density at radius 2 is 2.00 bits per heavy atom. The minimum absolute atomic E-state index is 0.00699. The van der Waals surface area contributed by atoms with Crippen molar-refractivity contribution in [2.45, 2.75) is 6.42 Å². The molecule has 0 saturated carbocycles. The highest BCUT2D eigenvalue weighted by Gasteiger charge is 2.07. The number of rotatable bonds is 3. The van der Waals surface area contributed by atoms with Gasteiger partial charge in [0.05, 0.1) is 6.42 Å². The van der Waals surface area contributed by atoms with Crippen LogP contribution in [0.1, 0.15) is 11.1 Å². The Kier molecular flexibility index (Phi) is 3.94. The normalized spacial score (nSPS) is 9.68. The lowest BCUT2D eigenvalue weighted by Crippen LogP contribution is -2.15. The molecule has 0 radical (unpaired) electrons. The van der Waals surface area contributed by atoms with Gasteiger partial charge in [0.1, 0.15) is 5.82 Å². The van der Waals surface area contributed by atoms with Crippen LogP contribution < -0.4 is 5.32 Å². The van der Waals surface area contributed by atoms with E-state index in [1.807, 2.05) is 0 Å². The van der Waals surface area contributed by atoms with Crippen LogP contribution in [-0.2, 0) is 11.2 Å². The van der Waals surface area contributed by atoms with Gasteiger partial charge in [-0.2, -0.15) is 0 Å². The SMILES string of the molecule is C#Cc1cccc(NC(=O)Cc2ccccc2F)c1. The van der Waals surface area contributed by atoms with Crippen molar-refractivity contribution in [1.82, 2.24) is 0 Å². The minimum atomic E-state index is -0.380. The molecular formula is C16H12FNO. The van der Waals surface area contributed by atoms with E-state index < -0.39 is 0 Å². The summed E-state index contributed by atoms with van der Waals surface area (Å²) in [6.07, 6.45) is 5.27. The van der Waals surface area contributed by atoms with Crippen molar-refractivity contribution in [3.05, 3.63) is 65.5 Å². The maximum absolute atomic E-state index is 13.4. The van der Waals surface area contributed by atoms with E-state index in [0.717, 1.165) is 0 Å². The van der Waals surface area contributed by atoms with Crippen molar-refractivity contribution >= 4 is 11.6 Å². The minimum Gasteiger partial charge on any atom is -0.326 e. The Bertz CT molecular complexity index is 643. The first-order valence-electron chi connectivity index (χ1n) is 5.79. The van der Waals surface area contributed by atoms with Gasteiger partial charge in [0.25, 0.3) is 0 Å². The number of halogens is 1. The van der Waals surface area contributed by atoms with E-state index >= 15 is 0 Å². The Balaban J connectivity index is 2.06. The Morgan fingerprint density at radius 1 is 1.21 bits per heavy atom. The fourth-order valence-electron chi connectivity index (χ4n) is 1.71. The Morgan fingerprint density at radius 3 is 2.74 bits per heavy atom. The average molecular weight is 253 g/mol. The third-order valence-corrected chi connectivity index (χ3v) is 2.62. The molecule has 0 aliphatic heterocycles. The van der Waals surface area contributed by atoms with Crippen molar-refractivity contribution in [3.63, 3.8) is 0 Å². The van der Waals surface area contributed by atoms with Gasteiger partial charge in [-0.1, -0.05) is 30.2 Å². The predicted molar refractivity (Wildman–Crippen MR) is 73.1 cm³/mol. The van der Waals surface area contributed by atoms with E-state index in [9.17, 15) is 9.18 Å². The Labute approximate surface area is 111 Å². The maximum Gasteiger partial charge on any atom is 0.228 e. The summed E-state index contributed by atoms with van der Waals surface area (Å²) in [7, 11) is 0. The summed E-state index contributed by atoms with van der Waals surface area (Å²) in [5, 5.41) is 2.69. The summed E-state index contributed by atoms with van der Waals surface area (Å²) in [5.74, 6) is 1.83. The van der Waals surface area contributed by atoms with Gasteiger partial charge in [-0.3, -0.25) is 4.79 Å². The van der Waals surface area contributed by atoms with Gasteiger partial charge in [0.15, 0.2) is 0 Å². The zero-order valence-corrected chi connectivity index (χ0v) is 10.2. The van der Waals surface area contributed by atoms with E-state index in [0.29, 0.717) is 16.8 Å². The van der Waals surface area contributed by atoms with Gasteiger partial charge < -0.3 is 5.32 Å². The van der Waals surface area contributed by atoms with Crippen LogP contribution >= 0.6 is 0 Å². The highest BCUT2D eigenvalue weighted by molar-refractivity contribution is 5.92. The molecule has 0 spiro atoms. The number of hydrogen-bond donors (Lipinski definition) is 1. The van der Waals surface area contributed by atoms with E-state index in [4.69, 9.17) is 6.42 Å². The molecule has 0 aliphatic carbocycles. The number of amides is 1. The highest BCUT2D eigenvalue weighted by atomic mass is 19.1. The molecule has 0 aromatic heterocycles. The molecule has 0 unspecified atom stereocenters. The molecule has 0 saturated heterocycles. The third-order valence-electron chi connectivity index (χ3n) is 2.62. The lowest BCUT2D eigenvalue weighted by molar-refractivity contribution is -0.115. The van der Waals surface area contributed by atoms with Crippen molar-refractivity contribution < 1.29 is 9.18 Å². The van der Waals surface area contributed by atoms with Gasteiger partial charge in [0.2, 0.25) is 5.91 Å². The van der Waals surface area contributed by atoms with Crippen LogP contribution in [0.25, 0.3) is 0 Å². The third kappa shape index (κ3) is 3.43. The monoisotopic (exact) mass is 253 g/mol. The number of benzene rings is 2. The lowest BCUT2D eigenvalue weighted by Gasteiger charge is -2.06. The topological polar surface area (TPSA) is 29.1 Å². The second kappa shape index (κ2) is 5.83. The van der Waals surface area contributed by atoms with Gasteiger partial charge in [-0.05, 0) is 29.8 Å². The molecule has 0 heterocycles. The van der Waals surface area contributed by atoms with Crippen molar-refractivity contribution in [2.75, 3.05) is 5.32 Å². The van der Waals surface area contributed by atoms with Crippen molar-refractivity contribution in [2.24, 2.45) is 0 Å². The summed E-state index contributed by atoms with van der Waals surface area (Å²) in [4.78, 5) is 11.8. The second-order valence-electron chi connectivity index (χ2n) is 4.04. The summed E-state index contributed by atoms with van der Waals surface area (Å²) in [6, 6.07) is 13.2. The van der Waals surface area contributed by atoms with E-state index in [1.165, 1.54) is 6.07 Å². The number of carbonyl (C=O) groups excluding carboxylic acids is 1. The molecular weight excluding hydrogens is 241 g/mol. The molecule has 2 aromatic carbocycles. The summed E-state index contributed by atoms with van der Waals surface area (Å²) in [5.41, 5.74) is 1.66. The molecule has 19 heavy (non-hydrogen) atoms. The molecule has 0 fully saturated rings. The van der Waals surface area contributed by atoms with Crippen LogP contribution in [0.3, 0.4) is 0 Å². The van der Waals surface area contributed by atoms with Gasteiger partial charge in [-0.25, -0.2) is 4.39 Å². The summed E-state index contributed by atoms with van der Waals surface area (Å²) in [6.45, 7) is 0. The smallest absolute Gasteiger partial charge is 0.228 e. The van der Waals surface area contributed by atoms with Gasteiger partial charge in [-0.15, -0.1) is 6.42 Å². The second-order valence-corrected chi connectivity index (χ2v) is 4.04. The van der Waals surface area contributed by atoms with Gasteiger partial charge in [0, 0.05) is 11.3 Å². The molecule has 94 valence electrons. The number of carbonyl (C=O) groups is 1. The molecule has 3 heteroatoms. The van der Waals surface area contributed by atoms with Crippen molar-refractivity contribution in [1.29, 1.82) is 0 Å². The predicted octanol–water partition coefficient (Wildman–Crippen LogP) is 2.99. The largest absolute Gasteiger partial charge is 0.326 e. The molecule has 0 atom stereocenters. The van der Waals surface area contributed by atoms with E-state index in [-0.39, 0.29) is 18.1 Å². The van der Waals surface area contributed by atoms with Crippen LogP contribution in [0, 0.1) is 18.2 Å². The molecule has 1 N–H and O–H groups in total. The summed E-state index contributed by atoms with van der Waals surface area (Å²) < 4.78 is 13.4. The van der Waals surface area contributed by atoms with Crippen molar-refractivity contribution in [3.8, 4) is 12.3 Å². The molecule has 0 bridgehead atoms. The van der Waals surface area contributed by atoms with E-state index in [1.54, 1.807) is 42.5 Å². The molecule has 0 aliphatic rings. The highest BCUT2D eigenvalue weighted by Crippen LogP contribution is 2.12. The Hall–Kier alpha value is -2.60. The lowest BCUT2D eigenvalue weighted by atomic mass is 10.1. The standard InChI is InChI=1S/C16H12FNO/c1-2-12-6-5-8-14(10-12)18-16(19)11-13-7-3-4-9-15(13)17/h1,3-10H,11H2,(H,18,19). The van der Waals surface area contributed by atoms with Crippen LogP contribution in [-0.4, -0.2) is 5.91 Å². The zero-order valence-electron chi connectivity index (χ0n) is 10.2. The quantitative estimate of drug-likeness (QED) is 0.837. The number of nitrogens with one attached hydrogen (secondary N) is 1. The first-order chi connectivity index (χ1) is 9.19. The maximum atomic E-state index is 13.4. The average Bonchev–Trinajstić information content (AvgIpc) is 2.41. The first-order valence-corrected chi connectivity index (χ1v) is 5.79. The molecule has 2 rings (SSSR count). The fraction of sp³-hybridized carbons (Fsp3) is 0.0625. The molecule has 1 amide bonds. The number of terminal acetylenes is 1. The van der Waals surface area contributed by atoms with E-state index in [2.05, 4.69) is 11.2 Å². The summed E-state index contributed by atoms with van der Waals surface area (Å²) >= 11 is 0. The van der Waals surface area contributed by atoms with Gasteiger partial charge >= 0.3 is 0 Å². The number of hydrogen-bond acceptors (Lipinski definition) is 1.